The lowest BCUT2D eigenvalue weighted by atomic mass is 9.71. The molecule has 0 saturated heterocycles. The van der Waals surface area contributed by atoms with E-state index in [0.29, 0.717) is 29.7 Å². The Morgan fingerprint density at radius 1 is 0.617 bits per heavy atom. The zero-order valence-electron chi connectivity index (χ0n) is 30.6. The van der Waals surface area contributed by atoms with Gasteiger partial charge in [-0.2, -0.15) is 0 Å². The second kappa shape index (κ2) is 11.7. The SMILES string of the molecule is Cc1cc(F)cc(-c2cc(C(C)(C)CC(C)(C)C)cc(CCn3c4cc(C(C)(C)C)ccc4c4ccc(C(C)(C)C)cc43)c2O)c1O. The van der Waals surface area contributed by atoms with Gasteiger partial charge in [0.25, 0.3) is 0 Å². The highest BCUT2D eigenvalue weighted by atomic mass is 19.1. The van der Waals surface area contributed by atoms with Crippen LogP contribution < -0.4 is 0 Å². The van der Waals surface area contributed by atoms with Crippen LogP contribution in [0.25, 0.3) is 32.9 Å². The van der Waals surface area contributed by atoms with Gasteiger partial charge in [-0.25, -0.2) is 4.39 Å². The van der Waals surface area contributed by atoms with E-state index >= 15 is 0 Å². The Morgan fingerprint density at radius 3 is 1.62 bits per heavy atom. The third-order valence-corrected chi connectivity index (χ3v) is 9.70. The highest BCUT2D eigenvalue weighted by Crippen LogP contribution is 2.45. The van der Waals surface area contributed by atoms with Gasteiger partial charge in [-0.3, -0.25) is 0 Å². The number of benzene rings is 4. The van der Waals surface area contributed by atoms with E-state index in [0.717, 1.165) is 17.5 Å². The maximum Gasteiger partial charge on any atom is 0.126 e. The van der Waals surface area contributed by atoms with Gasteiger partial charge in [-0.05, 0) is 99.6 Å². The molecular formula is C43H54FNO2. The number of aryl methyl sites for hydroxylation is 3. The van der Waals surface area contributed by atoms with Crippen LogP contribution in [-0.2, 0) is 29.2 Å². The van der Waals surface area contributed by atoms with Crippen molar-refractivity contribution >= 4 is 21.8 Å². The summed E-state index contributed by atoms with van der Waals surface area (Å²) in [6.45, 7) is 26.9. The molecule has 250 valence electrons. The first-order valence-electron chi connectivity index (χ1n) is 17.0. The Bertz CT molecular complexity index is 1900. The van der Waals surface area contributed by atoms with E-state index in [9.17, 15) is 14.6 Å². The molecule has 4 aromatic carbocycles. The summed E-state index contributed by atoms with van der Waals surface area (Å²) in [6, 6.07) is 20.4. The standard InChI is InChI=1S/C43H54FNO2/c1-26-19-31(44)24-35(38(26)46)34-21-30(43(11,12)25-40(2,3)4)20-27(39(34)47)17-18-45-36-22-28(41(5,6)7)13-15-32(36)33-16-14-29(23-37(33)45)42(8,9)10/h13-16,19-24,46-47H,17-18,25H2,1-12H3. The summed E-state index contributed by atoms with van der Waals surface area (Å²) < 4.78 is 17.2. The zero-order chi connectivity index (χ0) is 34.9. The number of rotatable bonds is 6. The molecule has 5 rings (SSSR count). The predicted molar refractivity (Wildman–Crippen MR) is 198 cm³/mol. The van der Waals surface area contributed by atoms with Crippen LogP contribution in [0.4, 0.5) is 4.39 Å². The van der Waals surface area contributed by atoms with Crippen molar-refractivity contribution < 1.29 is 14.6 Å². The van der Waals surface area contributed by atoms with Gasteiger partial charge in [0.15, 0.2) is 0 Å². The molecule has 0 fully saturated rings. The normalized spacial score (nSPS) is 13.2. The molecule has 0 amide bonds. The minimum Gasteiger partial charge on any atom is -0.507 e. The Hall–Kier alpha value is -3.79. The summed E-state index contributed by atoms with van der Waals surface area (Å²) in [5.74, 6) is -0.359. The Balaban J connectivity index is 1.72. The van der Waals surface area contributed by atoms with E-state index in [4.69, 9.17) is 0 Å². The van der Waals surface area contributed by atoms with Gasteiger partial charge < -0.3 is 14.8 Å². The van der Waals surface area contributed by atoms with E-state index in [2.05, 4.69) is 123 Å². The maximum absolute atomic E-state index is 14.8. The summed E-state index contributed by atoms with van der Waals surface area (Å²) in [7, 11) is 0. The number of halogens is 1. The molecule has 0 unspecified atom stereocenters. The average molecular weight is 636 g/mol. The molecule has 4 heteroatoms. The van der Waals surface area contributed by atoms with E-state index in [-0.39, 0.29) is 33.2 Å². The number of nitrogens with zero attached hydrogens (tertiary/aromatic N) is 1. The lowest BCUT2D eigenvalue weighted by Crippen LogP contribution is -2.25. The molecule has 0 saturated carbocycles. The molecule has 0 bridgehead atoms. The van der Waals surface area contributed by atoms with Crippen LogP contribution in [-0.4, -0.2) is 14.8 Å². The van der Waals surface area contributed by atoms with Crippen LogP contribution in [0.5, 0.6) is 11.5 Å². The largest absolute Gasteiger partial charge is 0.507 e. The van der Waals surface area contributed by atoms with E-state index in [1.807, 2.05) is 6.07 Å². The van der Waals surface area contributed by atoms with Gasteiger partial charge >= 0.3 is 0 Å². The molecule has 1 heterocycles. The van der Waals surface area contributed by atoms with Gasteiger partial charge in [-0.1, -0.05) is 106 Å². The topological polar surface area (TPSA) is 45.4 Å². The van der Waals surface area contributed by atoms with Crippen molar-refractivity contribution in [3.05, 3.63) is 94.3 Å². The number of aromatic nitrogens is 1. The van der Waals surface area contributed by atoms with Gasteiger partial charge in [-0.15, -0.1) is 0 Å². The van der Waals surface area contributed by atoms with Crippen LogP contribution in [0.2, 0.25) is 0 Å². The minimum absolute atomic E-state index is 0.00271. The zero-order valence-corrected chi connectivity index (χ0v) is 30.6. The third-order valence-electron chi connectivity index (χ3n) is 9.70. The first-order chi connectivity index (χ1) is 21.6. The minimum atomic E-state index is -0.440. The van der Waals surface area contributed by atoms with E-state index in [1.54, 1.807) is 6.92 Å². The molecule has 2 N–H and O–H groups in total. The van der Waals surface area contributed by atoms with Crippen molar-refractivity contribution in [2.24, 2.45) is 5.41 Å². The van der Waals surface area contributed by atoms with Gasteiger partial charge in [0.05, 0.1) is 0 Å². The molecule has 3 nitrogen and oxygen atoms in total. The number of hydrogen-bond acceptors (Lipinski definition) is 2. The molecule has 0 radical (unpaired) electrons. The fraction of sp³-hybridized carbons (Fsp3) is 0.442. The first-order valence-corrected chi connectivity index (χ1v) is 17.0. The molecule has 47 heavy (non-hydrogen) atoms. The first kappa shape index (κ1) is 34.5. The van der Waals surface area contributed by atoms with Crippen molar-refractivity contribution in [2.75, 3.05) is 0 Å². The molecule has 5 aromatic rings. The number of phenolic OH excluding ortho intramolecular Hbond substituents is 2. The maximum atomic E-state index is 14.8. The van der Waals surface area contributed by atoms with Crippen molar-refractivity contribution in [2.45, 2.75) is 119 Å². The number of fused-ring (bicyclic) bond motifs is 3. The number of aromatic hydroxyl groups is 2. The monoisotopic (exact) mass is 635 g/mol. The smallest absolute Gasteiger partial charge is 0.126 e. The number of phenols is 2. The summed E-state index contributed by atoms with van der Waals surface area (Å²) in [5, 5.41) is 25.4. The summed E-state index contributed by atoms with van der Waals surface area (Å²) in [6.07, 6.45) is 1.47. The fourth-order valence-corrected chi connectivity index (χ4v) is 7.35. The molecule has 0 atom stereocenters. The van der Waals surface area contributed by atoms with Gasteiger partial charge in [0, 0.05) is 39.5 Å². The number of hydrogen-bond donors (Lipinski definition) is 2. The van der Waals surface area contributed by atoms with E-state index < -0.39 is 5.82 Å². The Morgan fingerprint density at radius 2 is 1.13 bits per heavy atom. The van der Waals surface area contributed by atoms with Crippen molar-refractivity contribution in [1.29, 1.82) is 0 Å². The lowest BCUT2D eigenvalue weighted by molar-refractivity contribution is 0.284. The summed E-state index contributed by atoms with van der Waals surface area (Å²) >= 11 is 0. The highest BCUT2D eigenvalue weighted by molar-refractivity contribution is 6.08. The van der Waals surface area contributed by atoms with Crippen molar-refractivity contribution in [1.82, 2.24) is 4.57 Å². The van der Waals surface area contributed by atoms with Crippen LogP contribution in [0.1, 0.15) is 110 Å². The summed E-state index contributed by atoms with van der Waals surface area (Å²) in [4.78, 5) is 0. The van der Waals surface area contributed by atoms with Gasteiger partial charge in [0.2, 0.25) is 0 Å². The molecule has 0 aliphatic carbocycles. The second-order valence-electron chi connectivity index (χ2n) is 17.6. The predicted octanol–water partition coefficient (Wildman–Crippen LogP) is 11.9. The fourth-order valence-electron chi connectivity index (χ4n) is 7.35. The quantitative estimate of drug-likeness (QED) is 0.195. The molecule has 0 aliphatic rings. The van der Waals surface area contributed by atoms with Gasteiger partial charge in [0.1, 0.15) is 17.3 Å². The molecular weight excluding hydrogens is 581 g/mol. The molecule has 0 spiro atoms. The average Bonchev–Trinajstić information content (AvgIpc) is 3.24. The highest BCUT2D eigenvalue weighted by Gasteiger charge is 2.30. The third kappa shape index (κ3) is 6.93. The molecule has 1 aromatic heterocycles. The van der Waals surface area contributed by atoms with Crippen molar-refractivity contribution in [3.8, 4) is 22.6 Å². The Kier molecular flexibility index (Phi) is 8.61. The second-order valence-corrected chi connectivity index (χ2v) is 17.6. The van der Waals surface area contributed by atoms with Crippen LogP contribution in [0, 0.1) is 18.2 Å². The lowest BCUT2D eigenvalue weighted by Gasteiger charge is -2.34. The Labute approximate surface area is 281 Å². The molecule has 0 aliphatic heterocycles. The summed E-state index contributed by atoms with van der Waals surface area (Å²) in [5.41, 5.74) is 7.81. The van der Waals surface area contributed by atoms with Crippen molar-refractivity contribution in [3.63, 3.8) is 0 Å². The van der Waals surface area contributed by atoms with Crippen LogP contribution in [0.15, 0.2) is 60.7 Å². The van der Waals surface area contributed by atoms with E-state index in [1.165, 1.54) is 45.1 Å². The van der Waals surface area contributed by atoms with Crippen LogP contribution >= 0.6 is 0 Å². The van der Waals surface area contributed by atoms with Crippen LogP contribution in [0.3, 0.4) is 0 Å².